The Labute approximate surface area is 87.9 Å². The zero-order valence-electron chi connectivity index (χ0n) is 8.07. The lowest BCUT2D eigenvalue weighted by Gasteiger charge is -2.06. The predicted molar refractivity (Wildman–Crippen MR) is 56.6 cm³/mol. The third-order valence-electron chi connectivity index (χ3n) is 2.46. The van der Waals surface area contributed by atoms with E-state index in [4.69, 9.17) is 4.74 Å². The highest BCUT2D eigenvalue weighted by Gasteiger charge is 2.18. The molecule has 14 heavy (non-hydrogen) atoms. The van der Waals surface area contributed by atoms with Crippen molar-refractivity contribution in [3.05, 3.63) is 22.4 Å². The Balaban J connectivity index is 1.78. The van der Waals surface area contributed by atoms with Crippen LogP contribution in [0.15, 0.2) is 16.8 Å². The summed E-state index contributed by atoms with van der Waals surface area (Å²) in [6, 6.07) is 2.01. The summed E-state index contributed by atoms with van der Waals surface area (Å²) in [7, 11) is 0. The molecular weight excluding hydrogens is 196 g/mol. The molecule has 1 aliphatic heterocycles. The molecule has 0 amide bonds. The summed E-state index contributed by atoms with van der Waals surface area (Å²) in [5, 5.41) is 4.04. The molecule has 0 bridgehead atoms. The van der Waals surface area contributed by atoms with Crippen LogP contribution in [0.4, 0.5) is 0 Å². The summed E-state index contributed by atoms with van der Waals surface area (Å²) >= 11 is 1.64. The van der Waals surface area contributed by atoms with E-state index < -0.39 is 0 Å². The number of hydrogen-bond acceptors (Lipinski definition) is 3. The van der Waals surface area contributed by atoms with Gasteiger partial charge in [-0.05, 0) is 35.2 Å². The smallest absolute Gasteiger partial charge is 0.139 e. The van der Waals surface area contributed by atoms with Gasteiger partial charge in [-0.2, -0.15) is 11.3 Å². The van der Waals surface area contributed by atoms with Gasteiger partial charge in [0.1, 0.15) is 5.78 Å². The van der Waals surface area contributed by atoms with Gasteiger partial charge in [0, 0.05) is 19.4 Å². The van der Waals surface area contributed by atoms with Crippen molar-refractivity contribution in [1.82, 2.24) is 0 Å². The van der Waals surface area contributed by atoms with Crippen LogP contribution in [0.3, 0.4) is 0 Å². The Morgan fingerprint density at radius 1 is 1.64 bits per heavy atom. The zero-order valence-corrected chi connectivity index (χ0v) is 8.89. The molecule has 0 radical (unpaired) electrons. The number of thiophene rings is 1. The first-order valence-corrected chi connectivity index (χ1v) is 5.93. The van der Waals surface area contributed by atoms with E-state index in [0.717, 1.165) is 25.0 Å². The molecule has 1 fully saturated rings. The highest BCUT2D eigenvalue weighted by atomic mass is 32.1. The standard InChI is InChI=1S/C11H14O2S/c12-10(6-9-3-5-14-8-9)7-11-2-1-4-13-11/h3,5,8,11H,1-2,4,6-7H2. The van der Waals surface area contributed by atoms with E-state index in [-0.39, 0.29) is 6.10 Å². The fourth-order valence-corrected chi connectivity index (χ4v) is 2.42. The van der Waals surface area contributed by atoms with E-state index in [1.807, 2.05) is 16.8 Å². The van der Waals surface area contributed by atoms with Crippen molar-refractivity contribution in [3.63, 3.8) is 0 Å². The van der Waals surface area contributed by atoms with Gasteiger partial charge in [-0.25, -0.2) is 0 Å². The molecule has 1 unspecified atom stereocenters. The average Bonchev–Trinajstić information content (AvgIpc) is 2.76. The van der Waals surface area contributed by atoms with Gasteiger partial charge in [0.15, 0.2) is 0 Å². The van der Waals surface area contributed by atoms with Gasteiger partial charge in [-0.3, -0.25) is 4.79 Å². The third-order valence-corrected chi connectivity index (χ3v) is 3.19. The minimum absolute atomic E-state index is 0.195. The molecule has 0 N–H and O–H groups in total. The maximum Gasteiger partial charge on any atom is 0.139 e. The van der Waals surface area contributed by atoms with Crippen LogP contribution in [0.1, 0.15) is 24.8 Å². The van der Waals surface area contributed by atoms with Crippen LogP contribution < -0.4 is 0 Å². The minimum atomic E-state index is 0.195. The molecule has 1 atom stereocenters. The van der Waals surface area contributed by atoms with Crippen LogP contribution in [-0.4, -0.2) is 18.5 Å². The molecule has 2 nitrogen and oxygen atoms in total. The zero-order chi connectivity index (χ0) is 9.80. The quantitative estimate of drug-likeness (QED) is 0.763. The molecular formula is C11H14O2S. The van der Waals surface area contributed by atoms with Crippen molar-refractivity contribution in [2.45, 2.75) is 31.8 Å². The Morgan fingerprint density at radius 3 is 3.21 bits per heavy atom. The fraction of sp³-hybridized carbons (Fsp3) is 0.545. The molecule has 2 rings (SSSR count). The highest BCUT2D eigenvalue weighted by Crippen LogP contribution is 2.17. The molecule has 1 aromatic heterocycles. The first-order valence-electron chi connectivity index (χ1n) is 4.99. The molecule has 3 heteroatoms. The van der Waals surface area contributed by atoms with Crippen molar-refractivity contribution in [1.29, 1.82) is 0 Å². The fourth-order valence-electron chi connectivity index (χ4n) is 1.75. The van der Waals surface area contributed by atoms with Crippen molar-refractivity contribution >= 4 is 17.1 Å². The van der Waals surface area contributed by atoms with E-state index in [0.29, 0.717) is 18.6 Å². The van der Waals surface area contributed by atoms with Gasteiger partial charge in [0.25, 0.3) is 0 Å². The Morgan fingerprint density at radius 2 is 2.57 bits per heavy atom. The Bertz CT molecular complexity index is 286. The molecule has 1 aromatic rings. The van der Waals surface area contributed by atoms with Crippen LogP contribution in [-0.2, 0) is 16.0 Å². The minimum Gasteiger partial charge on any atom is -0.378 e. The third kappa shape index (κ3) is 2.66. The summed E-state index contributed by atoms with van der Waals surface area (Å²) in [6.07, 6.45) is 3.52. The lowest BCUT2D eigenvalue weighted by Crippen LogP contribution is -2.13. The number of rotatable bonds is 4. The Hall–Kier alpha value is -0.670. The van der Waals surface area contributed by atoms with Crippen molar-refractivity contribution in [2.24, 2.45) is 0 Å². The number of Topliss-reactive ketones (excluding diaryl/α,β-unsaturated/α-hetero) is 1. The van der Waals surface area contributed by atoms with Gasteiger partial charge >= 0.3 is 0 Å². The molecule has 0 saturated carbocycles. The average molecular weight is 210 g/mol. The number of carbonyl (C=O) groups excluding carboxylic acids is 1. The summed E-state index contributed by atoms with van der Waals surface area (Å²) < 4.78 is 5.42. The van der Waals surface area contributed by atoms with E-state index >= 15 is 0 Å². The maximum atomic E-state index is 11.6. The van der Waals surface area contributed by atoms with Gasteiger partial charge in [0.2, 0.25) is 0 Å². The monoisotopic (exact) mass is 210 g/mol. The normalized spacial score (nSPS) is 21.3. The Kier molecular flexibility index (Phi) is 3.32. The van der Waals surface area contributed by atoms with E-state index in [1.165, 1.54) is 0 Å². The highest BCUT2D eigenvalue weighted by molar-refractivity contribution is 7.07. The van der Waals surface area contributed by atoms with Crippen LogP contribution in [0.5, 0.6) is 0 Å². The molecule has 0 aliphatic carbocycles. The van der Waals surface area contributed by atoms with E-state index in [1.54, 1.807) is 11.3 Å². The van der Waals surface area contributed by atoms with Gasteiger partial charge in [-0.1, -0.05) is 0 Å². The lowest BCUT2D eigenvalue weighted by atomic mass is 10.1. The van der Waals surface area contributed by atoms with E-state index in [9.17, 15) is 4.79 Å². The summed E-state index contributed by atoms with van der Waals surface area (Å²) in [5.41, 5.74) is 1.14. The first-order chi connectivity index (χ1) is 6.84. The predicted octanol–water partition coefficient (Wildman–Crippen LogP) is 2.43. The van der Waals surface area contributed by atoms with Crippen LogP contribution in [0.2, 0.25) is 0 Å². The molecule has 76 valence electrons. The second kappa shape index (κ2) is 4.71. The van der Waals surface area contributed by atoms with Crippen LogP contribution in [0.25, 0.3) is 0 Å². The van der Waals surface area contributed by atoms with Gasteiger partial charge in [0.05, 0.1) is 6.10 Å². The molecule has 2 heterocycles. The number of hydrogen-bond donors (Lipinski definition) is 0. The van der Waals surface area contributed by atoms with Gasteiger partial charge in [-0.15, -0.1) is 0 Å². The summed E-state index contributed by atoms with van der Waals surface area (Å²) in [5.74, 6) is 0.301. The van der Waals surface area contributed by atoms with Crippen LogP contribution >= 0.6 is 11.3 Å². The van der Waals surface area contributed by atoms with Crippen LogP contribution in [0, 0.1) is 0 Å². The topological polar surface area (TPSA) is 26.3 Å². The first kappa shape index (κ1) is 9.87. The molecule has 0 aromatic carbocycles. The largest absolute Gasteiger partial charge is 0.378 e. The lowest BCUT2D eigenvalue weighted by molar-refractivity contribution is -0.120. The molecule has 0 spiro atoms. The molecule has 1 saturated heterocycles. The number of carbonyl (C=O) groups is 1. The summed E-state index contributed by atoms with van der Waals surface area (Å²) in [6.45, 7) is 0.830. The number of ether oxygens (including phenoxy) is 1. The SMILES string of the molecule is O=C(Cc1ccsc1)CC1CCCO1. The van der Waals surface area contributed by atoms with Gasteiger partial charge < -0.3 is 4.74 Å². The van der Waals surface area contributed by atoms with Crippen molar-refractivity contribution in [3.8, 4) is 0 Å². The second-order valence-electron chi connectivity index (χ2n) is 3.69. The second-order valence-corrected chi connectivity index (χ2v) is 4.47. The summed E-state index contributed by atoms with van der Waals surface area (Å²) in [4.78, 5) is 11.6. The van der Waals surface area contributed by atoms with Crippen molar-refractivity contribution in [2.75, 3.05) is 6.61 Å². The maximum absolute atomic E-state index is 11.6. The molecule has 1 aliphatic rings. The van der Waals surface area contributed by atoms with Crippen molar-refractivity contribution < 1.29 is 9.53 Å². The number of ketones is 1. The van der Waals surface area contributed by atoms with E-state index in [2.05, 4.69) is 0 Å².